The number of carboxylic acids is 1. The van der Waals surface area contributed by atoms with Crippen LogP contribution in [0.2, 0.25) is 0 Å². The van der Waals surface area contributed by atoms with Crippen molar-refractivity contribution in [1.82, 2.24) is 0 Å². The van der Waals surface area contributed by atoms with Crippen molar-refractivity contribution >= 4 is 17.3 Å². The third-order valence-corrected chi connectivity index (χ3v) is 3.78. The molecular weight excluding hydrogens is 260 g/mol. The first-order chi connectivity index (χ1) is 9.50. The summed E-state index contributed by atoms with van der Waals surface area (Å²) in [4.78, 5) is 23.8. The van der Waals surface area contributed by atoms with Crippen molar-refractivity contribution < 1.29 is 14.8 Å². The fourth-order valence-corrected chi connectivity index (χ4v) is 2.67. The third-order valence-electron chi connectivity index (χ3n) is 3.78. The topological polar surface area (TPSA) is 83.7 Å². The fraction of sp³-hybridized carbons (Fsp3) is 0.500. The molecule has 1 atom stereocenters. The van der Waals surface area contributed by atoms with Crippen LogP contribution in [0.3, 0.4) is 0 Å². The number of benzene rings is 1. The highest BCUT2D eigenvalue weighted by Gasteiger charge is 2.25. The zero-order valence-electron chi connectivity index (χ0n) is 11.4. The van der Waals surface area contributed by atoms with Crippen molar-refractivity contribution in [3.63, 3.8) is 0 Å². The van der Waals surface area contributed by atoms with E-state index in [1.165, 1.54) is 18.2 Å². The van der Waals surface area contributed by atoms with Gasteiger partial charge in [-0.1, -0.05) is 12.8 Å². The summed E-state index contributed by atoms with van der Waals surface area (Å²) in [6.07, 6.45) is 4.14. The minimum absolute atomic E-state index is 0.0243. The lowest BCUT2D eigenvalue weighted by atomic mass is 10.1. The van der Waals surface area contributed by atoms with E-state index >= 15 is 0 Å². The van der Waals surface area contributed by atoms with Crippen molar-refractivity contribution in [2.75, 3.05) is 11.4 Å². The fourth-order valence-electron chi connectivity index (χ4n) is 2.67. The van der Waals surface area contributed by atoms with Gasteiger partial charge in [0, 0.05) is 18.7 Å². The Morgan fingerprint density at radius 3 is 2.80 bits per heavy atom. The highest BCUT2D eigenvalue weighted by Crippen LogP contribution is 2.33. The van der Waals surface area contributed by atoms with Gasteiger partial charge in [-0.05, 0) is 31.9 Å². The smallest absolute Gasteiger partial charge is 0.335 e. The van der Waals surface area contributed by atoms with E-state index in [1.54, 1.807) is 0 Å². The molecule has 0 spiro atoms. The molecule has 1 aromatic carbocycles. The summed E-state index contributed by atoms with van der Waals surface area (Å²) in [6, 6.07) is 4.17. The maximum atomic E-state index is 11.2. The van der Waals surface area contributed by atoms with Crippen LogP contribution in [0.4, 0.5) is 11.4 Å². The van der Waals surface area contributed by atoms with Gasteiger partial charge in [-0.2, -0.15) is 0 Å². The number of hydrogen-bond acceptors (Lipinski definition) is 4. The molecule has 0 aliphatic carbocycles. The van der Waals surface area contributed by atoms with Crippen molar-refractivity contribution in [3.05, 3.63) is 33.9 Å². The highest BCUT2D eigenvalue weighted by molar-refractivity contribution is 5.90. The Kier molecular flexibility index (Phi) is 4.22. The van der Waals surface area contributed by atoms with Gasteiger partial charge in [-0.3, -0.25) is 10.1 Å². The van der Waals surface area contributed by atoms with Crippen LogP contribution < -0.4 is 4.90 Å². The molecule has 1 saturated heterocycles. The van der Waals surface area contributed by atoms with E-state index in [0.717, 1.165) is 32.2 Å². The Morgan fingerprint density at radius 2 is 2.15 bits per heavy atom. The number of nitro benzene ring substituents is 1. The van der Waals surface area contributed by atoms with E-state index in [2.05, 4.69) is 0 Å². The SMILES string of the molecule is CC1CCCCCN1c1cc(C(=O)O)ccc1[N+](=O)[O-]. The first-order valence-corrected chi connectivity index (χ1v) is 6.79. The number of nitro groups is 1. The summed E-state index contributed by atoms with van der Waals surface area (Å²) < 4.78 is 0. The van der Waals surface area contributed by atoms with Gasteiger partial charge in [0.2, 0.25) is 0 Å². The molecule has 1 heterocycles. The molecule has 6 heteroatoms. The Labute approximate surface area is 117 Å². The minimum Gasteiger partial charge on any atom is -0.478 e. The van der Waals surface area contributed by atoms with Gasteiger partial charge >= 0.3 is 5.97 Å². The first kappa shape index (κ1) is 14.3. The number of anilines is 1. The lowest BCUT2D eigenvalue weighted by molar-refractivity contribution is -0.384. The van der Waals surface area contributed by atoms with Crippen LogP contribution in [0, 0.1) is 10.1 Å². The Balaban J connectivity index is 2.47. The molecule has 1 aliphatic heterocycles. The molecular formula is C14H18N2O4. The number of nitrogens with zero attached hydrogens (tertiary/aromatic N) is 2. The molecule has 6 nitrogen and oxygen atoms in total. The lowest BCUT2D eigenvalue weighted by Crippen LogP contribution is -2.33. The molecule has 0 radical (unpaired) electrons. The van der Waals surface area contributed by atoms with Crippen LogP contribution in [0.1, 0.15) is 43.0 Å². The van der Waals surface area contributed by atoms with E-state index in [4.69, 9.17) is 5.11 Å². The third kappa shape index (κ3) is 2.89. The van der Waals surface area contributed by atoms with Crippen molar-refractivity contribution in [3.8, 4) is 0 Å². The Hall–Kier alpha value is -2.11. The summed E-state index contributed by atoms with van der Waals surface area (Å²) >= 11 is 0. The van der Waals surface area contributed by atoms with Crippen LogP contribution in [0.25, 0.3) is 0 Å². The molecule has 20 heavy (non-hydrogen) atoms. The quantitative estimate of drug-likeness (QED) is 0.678. The van der Waals surface area contributed by atoms with Crippen molar-refractivity contribution in [2.45, 2.75) is 38.6 Å². The molecule has 1 N–H and O–H groups in total. The molecule has 1 fully saturated rings. The number of rotatable bonds is 3. The second-order valence-electron chi connectivity index (χ2n) is 5.16. The Bertz CT molecular complexity index is 530. The maximum Gasteiger partial charge on any atom is 0.335 e. The number of carbonyl (C=O) groups is 1. The predicted octanol–water partition coefficient (Wildman–Crippen LogP) is 3.06. The van der Waals surface area contributed by atoms with Crippen LogP contribution in [-0.4, -0.2) is 28.6 Å². The van der Waals surface area contributed by atoms with E-state index in [1.807, 2.05) is 11.8 Å². The van der Waals surface area contributed by atoms with Crippen LogP contribution >= 0.6 is 0 Å². The largest absolute Gasteiger partial charge is 0.478 e. The summed E-state index contributed by atoms with van der Waals surface area (Å²) in [5.41, 5.74) is 0.482. The second-order valence-corrected chi connectivity index (χ2v) is 5.16. The van der Waals surface area contributed by atoms with Gasteiger partial charge < -0.3 is 10.0 Å². The molecule has 2 rings (SSSR count). The summed E-state index contributed by atoms with van der Waals surface area (Å²) in [7, 11) is 0. The van der Waals surface area contributed by atoms with Gasteiger partial charge in [0.1, 0.15) is 5.69 Å². The summed E-state index contributed by atoms with van der Waals surface area (Å²) in [5.74, 6) is -1.07. The van der Waals surface area contributed by atoms with E-state index < -0.39 is 10.9 Å². The van der Waals surface area contributed by atoms with Crippen LogP contribution in [-0.2, 0) is 0 Å². The van der Waals surface area contributed by atoms with Gasteiger partial charge in [-0.25, -0.2) is 4.79 Å². The van der Waals surface area contributed by atoms with Gasteiger partial charge in [-0.15, -0.1) is 0 Å². The number of aromatic carboxylic acids is 1. The lowest BCUT2D eigenvalue weighted by Gasteiger charge is -2.29. The maximum absolute atomic E-state index is 11.2. The highest BCUT2D eigenvalue weighted by atomic mass is 16.6. The average Bonchev–Trinajstić information content (AvgIpc) is 2.62. The van der Waals surface area contributed by atoms with Gasteiger partial charge in [0.05, 0.1) is 10.5 Å². The average molecular weight is 278 g/mol. The number of carboxylic acid groups (broad SMARTS) is 1. The van der Waals surface area contributed by atoms with Crippen molar-refractivity contribution in [1.29, 1.82) is 0 Å². The van der Waals surface area contributed by atoms with E-state index in [0.29, 0.717) is 5.69 Å². The van der Waals surface area contributed by atoms with Gasteiger partial charge in [0.25, 0.3) is 5.69 Å². The minimum atomic E-state index is -1.07. The van der Waals surface area contributed by atoms with Gasteiger partial charge in [0.15, 0.2) is 0 Å². The molecule has 1 unspecified atom stereocenters. The summed E-state index contributed by atoms with van der Waals surface area (Å²) in [5, 5.41) is 20.2. The zero-order chi connectivity index (χ0) is 14.7. The monoisotopic (exact) mass is 278 g/mol. The molecule has 108 valence electrons. The molecule has 1 aliphatic rings. The summed E-state index contributed by atoms with van der Waals surface area (Å²) in [6.45, 7) is 2.76. The van der Waals surface area contributed by atoms with E-state index in [-0.39, 0.29) is 17.3 Å². The molecule has 1 aromatic rings. The predicted molar refractivity (Wildman–Crippen MR) is 75.3 cm³/mol. The molecule has 0 aromatic heterocycles. The molecule has 0 bridgehead atoms. The standard InChI is InChI=1S/C14H18N2O4/c1-10-5-3-2-4-8-15(10)13-9-11(14(17)18)6-7-12(13)16(19)20/h6-7,9-10H,2-5,8H2,1H3,(H,17,18). The Morgan fingerprint density at radius 1 is 1.40 bits per heavy atom. The number of hydrogen-bond donors (Lipinski definition) is 1. The van der Waals surface area contributed by atoms with E-state index in [9.17, 15) is 14.9 Å². The second kappa shape index (κ2) is 5.90. The normalized spacial score (nSPS) is 19.4. The molecule has 0 saturated carbocycles. The zero-order valence-corrected chi connectivity index (χ0v) is 11.4. The first-order valence-electron chi connectivity index (χ1n) is 6.79. The van der Waals surface area contributed by atoms with Crippen LogP contribution in [0.5, 0.6) is 0 Å². The van der Waals surface area contributed by atoms with Crippen LogP contribution in [0.15, 0.2) is 18.2 Å². The van der Waals surface area contributed by atoms with Crippen molar-refractivity contribution in [2.24, 2.45) is 0 Å². The molecule has 0 amide bonds.